The number of hydrogen-bond acceptors (Lipinski definition) is 3. The summed E-state index contributed by atoms with van der Waals surface area (Å²) in [6.45, 7) is 2.00. The van der Waals surface area contributed by atoms with E-state index in [9.17, 15) is 13.2 Å². The van der Waals surface area contributed by atoms with E-state index in [0.29, 0.717) is 17.8 Å². The third-order valence-corrected chi connectivity index (χ3v) is 4.15. The fourth-order valence-corrected chi connectivity index (χ4v) is 3.06. The molecule has 7 heteroatoms. The zero-order valence-electron chi connectivity index (χ0n) is 15.1. The lowest BCUT2D eigenvalue weighted by Crippen LogP contribution is -2.17. The molecule has 3 rings (SSSR count). The molecule has 1 heterocycles. The first kappa shape index (κ1) is 19.4. The summed E-state index contributed by atoms with van der Waals surface area (Å²) in [7, 11) is 0. The van der Waals surface area contributed by atoms with Crippen LogP contribution in [0.25, 0.3) is 22.3 Å². The monoisotopic (exact) mass is 385 g/mol. The molecule has 4 nitrogen and oxygen atoms in total. The number of aromatic nitrogens is 1. The number of aliphatic imine (C=N–C) groups is 1. The molecule has 1 aromatic heterocycles. The average Bonchev–Trinajstić information content (AvgIpc) is 2.66. The van der Waals surface area contributed by atoms with Gasteiger partial charge in [0.2, 0.25) is 0 Å². The minimum atomic E-state index is -4.74. The Labute approximate surface area is 160 Å². The second-order valence-electron chi connectivity index (χ2n) is 5.95. The quantitative estimate of drug-likeness (QED) is 0.466. The molecule has 0 atom stereocenters. The molecule has 28 heavy (non-hydrogen) atoms. The summed E-state index contributed by atoms with van der Waals surface area (Å²) in [5.41, 5.74) is 9.52. The highest BCUT2D eigenvalue weighted by atomic mass is 19.4. The fourth-order valence-electron chi connectivity index (χ4n) is 3.06. The van der Waals surface area contributed by atoms with Crippen LogP contribution in [0.2, 0.25) is 0 Å². The van der Waals surface area contributed by atoms with Gasteiger partial charge in [-0.25, -0.2) is 9.98 Å². The van der Waals surface area contributed by atoms with Gasteiger partial charge in [0, 0.05) is 6.20 Å². The standard InChI is InChI=1S/C21H18F3N3O/c1-2-14-5-4-8-18(15-9-10-26-19(12-15)27-13-25)20(14)16-6-3-7-17(11-16)28-21(22,23)24/h3-13H,2H2,1H3,(H2,25,26,27). The molecule has 0 spiro atoms. The zero-order chi connectivity index (χ0) is 20.1. The van der Waals surface area contributed by atoms with Crippen LogP contribution in [0.3, 0.4) is 0 Å². The van der Waals surface area contributed by atoms with Crippen molar-refractivity contribution in [1.82, 2.24) is 4.98 Å². The Morgan fingerprint density at radius 2 is 1.86 bits per heavy atom. The van der Waals surface area contributed by atoms with Crippen LogP contribution in [0.4, 0.5) is 19.0 Å². The maximum absolute atomic E-state index is 12.6. The van der Waals surface area contributed by atoms with E-state index < -0.39 is 6.36 Å². The van der Waals surface area contributed by atoms with E-state index in [1.165, 1.54) is 12.1 Å². The van der Waals surface area contributed by atoms with Gasteiger partial charge in [-0.3, -0.25) is 0 Å². The summed E-state index contributed by atoms with van der Waals surface area (Å²) >= 11 is 0. The second-order valence-corrected chi connectivity index (χ2v) is 5.95. The highest BCUT2D eigenvalue weighted by Gasteiger charge is 2.31. The van der Waals surface area contributed by atoms with Gasteiger partial charge < -0.3 is 10.5 Å². The number of ether oxygens (including phenoxy) is 1. The molecule has 2 aromatic carbocycles. The SMILES string of the molecule is CCc1cccc(-c2ccnc(N=CN)c2)c1-c1cccc(OC(F)(F)F)c1. The van der Waals surface area contributed by atoms with Gasteiger partial charge in [-0.15, -0.1) is 13.2 Å². The topological polar surface area (TPSA) is 60.5 Å². The van der Waals surface area contributed by atoms with Crippen LogP contribution >= 0.6 is 0 Å². The molecule has 3 aromatic rings. The number of nitrogens with zero attached hydrogens (tertiary/aromatic N) is 2. The molecule has 0 saturated carbocycles. The highest BCUT2D eigenvalue weighted by molar-refractivity contribution is 5.86. The van der Waals surface area contributed by atoms with Crippen molar-refractivity contribution in [3.8, 4) is 28.0 Å². The van der Waals surface area contributed by atoms with Gasteiger partial charge in [0.05, 0.1) is 6.34 Å². The molecule has 0 bridgehead atoms. The number of hydrogen-bond donors (Lipinski definition) is 1. The van der Waals surface area contributed by atoms with Crippen molar-refractivity contribution in [3.63, 3.8) is 0 Å². The van der Waals surface area contributed by atoms with Gasteiger partial charge in [-0.1, -0.05) is 37.3 Å². The van der Waals surface area contributed by atoms with Gasteiger partial charge in [0.15, 0.2) is 5.82 Å². The van der Waals surface area contributed by atoms with Crippen molar-refractivity contribution >= 4 is 12.2 Å². The Kier molecular flexibility index (Phi) is 5.63. The third kappa shape index (κ3) is 4.49. The summed E-state index contributed by atoms with van der Waals surface area (Å²) in [5, 5.41) is 0. The number of aryl methyl sites for hydroxylation is 1. The molecule has 2 N–H and O–H groups in total. The van der Waals surface area contributed by atoms with Gasteiger partial charge in [-0.2, -0.15) is 0 Å². The Morgan fingerprint density at radius 1 is 1.07 bits per heavy atom. The van der Waals surface area contributed by atoms with Crippen LogP contribution in [0.15, 0.2) is 65.8 Å². The summed E-state index contributed by atoms with van der Waals surface area (Å²) in [5.74, 6) is 0.187. The minimum absolute atomic E-state index is 0.259. The average molecular weight is 385 g/mol. The van der Waals surface area contributed by atoms with Crippen molar-refractivity contribution < 1.29 is 17.9 Å². The van der Waals surface area contributed by atoms with E-state index in [1.807, 2.05) is 31.2 Å². The van der Waals surface area contributed by atoms with Crippen LogP contribution < -0.4 is 10.5 Å². The smallest absolute Gasteiger partial charge is 0.406 e. The molecule has 0 amide bonds. The molecule has 144 valence electrons. The van der Waals surface area contributed by atoms with Gasteiger partial charge in [-0.05, 0) is 58.5 Å². The lowest BCUT2D eigenvalue weighted by Gasteiger charge is -2.16. The molecule has 0 aliphatic carbocycles. The summed E-state index contributed by atoms with van der Waals surface area (Å²) in [4.78, 5) is 8.12. The summed E-state index contributed by atoms with van der Waals surface area (Å²) in [6.07, 6.45) is -1.25. The van der Waals surface area contributed by atoms with E-state index >= 15 is 0 Å². The Morgan fingerprint density at radius 3 is 2.57 bits per heavy atom. The number of benzene rings is 2. The van der Waals surface area contributed by atoms with E-state index in [-0.39, 0.29) is 5.75 Å². The number of alkyl halides is 3. The van der Waals surface area contributed by atoms with Gasteiger partial charge in [0.25, 0.3) is 0 Å². The Balaban J connectivity index is 2.16. The molecule has 0 unspecified atom stereocenters. The lowest BCUT2D eigenvalue weighted by molar-refractivity contribution is -0.274. The van der Waals surface area contributed by atoms with Crippen molar-refractivity contribution in [2.45, 2.75) is 19.7 Å². The number of pyridine rings is 1. The predicted molar refractivity (Wildman–Crippen MR) is 104 cm³/mol. The summed E-state index contributed by atoms with van der Waals surface area (Å²) in [6, 6.07) is 15.4. The highest BCUT2D eigenvalue weighted by Crippen LogP contribution is 2.38. The fraction of sp³-hybridized carbons (Fsp3) is 0.143. The first-order chi connectivity index (χ1) is 13.4. The molecular formula is C21H18F3N3O. The van der Waals surface area contributed by atoms with Crippen molar-refractivity contribution in [3.05, 3.63) is 66.4 Å². The second kappa shape index (κ2) is 8.12. The van der Waals surface area contributed by atoms with Gasteiger partial charge >= 0.3 is 6.36 Å². The van der Waals surface area contributed by atoms with Crippen LogP contribution in [0, 0.1) is 0 Å². The molecule has 0 saturated heterocycles. The molecular weight excluding hydrogens is 367 g/mol. The first-order valence-corrected chi connectivity index (χ1v) is 8.60. The van der Waals surface area contributed by atoms with Crippen LogP contribution in [-0.2, 0) is 6.42 Å². The largest absolute Gasteiger partial charge is 0.573 e. The maximum atomic E-state index is 12.6. The number of nitrogens with two attached hydrogens (primary N) is 1. The van der Waals surface area contributed by atoms with Crippen molar-refractivity contribution in [2.75, 3.05) is 0 Å². The van der Waals surface area contributed by atoms with Crippen molar-refractivity contribution in [2.24, 2.45) is 10.7 Å². The van der Waals surface area contributed by atoms with E-state index in [0.717, 1.165) is 28.6 Å². The van der Waals surface area contributed by atoms with Crippen molar-refractivity contribution in [1.29, 1.82) is 0 Å². The van der Waals surface area contributed by atoms with Crippen LogP contribution in [0.1, 0.15) is 12.5 Å². The van der Waals surface area contributed by atoms with E-state index in [4.69, 9.17) is 5.73 Å². The molecule has 0 fully saturated rings. The number of rotatable bonds is 5. The Bertz CT molecular complexity index is 1000. The normalized spacial score (nSPS) is 11.7. The summed E-state index contributed by atoms with van der Waals surface area (Å²) < 4.78 is 42.0. The predicted octanol–water partition coefficient (Wildman–Crippen LogP) is 5.50. The maximum Gasteiger partial charge on any atom is 0.573 e. The molecule has 0 aliphatic rings. The molecule has 0 aliphatic heterocycles. The zero-order valence-corrected chi connectivity index (χ0v) is 15.1. The lowest BCUT2D eigenvalue weighted by atomic mass is 9.90. The molecule has 0 radical (unpaired) electrons. The third-order valence-electron chi connectivity index (χ3n) is 4.15. The van der Waals surface area contributed by atoms with E-state index in [1.54, 1.807) is 24.4 Å². The van der Waals surface area contributed by atoms with Crippen LogP contribution in [0.5, 0.6) is 5.75 Å². The van der Waals surface area contributed by atoms with E-state index in [2.05, 4.69) is 14.7 Å². The number of halogens is 3. The first-order valence-electron chi connectivity index (χ1n) is 8.60. The Hall–Kier alpha value is -3.35. The van der Waals surface area contributed by atoms with Gasteiger partial charge in [0.1, 0.15) is 5.75 Å². The van der Waals surface area contributed by atoms with Crippen LogP contribution in [-0.4, -0.2) is 17.7 Å². The minimum Gasteiger partial charge on any atom is -0.406 e.